The third kappa shape index (κ3) is 3.78. The van der Waals surface area contributed by atoms with Crippen LogP contribution in [0.15, 0.2) is 17.5 Å². The average Bonchev–Trinajstić information content (AvgIpc) is 2.78. The van der Waals surface area contributed by atoms with Crippen molar-refractivity contribution in [3.05, 3.63) is 22.4 Å². The number of hydrogen-bond acceptors (Lipinski definition) is 3. The van der Waals surface area contributed by atoms with Crippen LogP contribution in [0.5, 0.6) is 0 Å². The van der Waals surface area contributed by atoms with Gasteiger partial charge in [0.2, 0.25) is 5.91 Å². The monoisotopic (exact) mass is 270 g/mol. The van der Waals surface area contributed by atoms with Crippen LogP contribution in [0, 0.1) is 5.92 Å². The van der Waals surface area contributed by atoms with Crippen molar-refractivity contribution >= 4 is 34.5 Å². The zero-order valence-corrected chi connectivity index (χ0v) is 12.0. The molecule has 0 saturated carbocycles. The minimum Gasteiger partial charge on any atom is -0.393 e. The Morgan fingerprint density at radius 2 is 2.29 bits per heavy atom. The van der Waals surface area contributed by atoms with Crippen LogP contribution in [0.1, 0.15) is 25.6 Å². The molecule has 0 aliphatic rings. The lowest BCUT2D eigenvalue weighted by molar-refractivity contribution is -0.122. The van der Waals surface area contributed by atoms with Crippen LogP contribution < -0.4 is 11.1 Å². The Kier molecular flexibility index (Phi) is 4.65. The zero-order chi connectivity index (χ0) is 13.1. The van der Waals surface area contributed by atoms with Gasteiger partial charge in [-0.15, -0.1) is 11.3 Å². The van der Waals surface area contributed by atoms with Gasteiger partial charge in [-0.05, 0) is 18.4 Å². The maximum absolute atomic E-state index is 11.7. The fourth-order valence-corrected chi connectivity index (χ4v) is 2.30. The van der Waals surface area contributed by atoms with E-state index in [-0.39, 0.29) is 16.3 Å². The highest BCUT2D eigenvalue weighted by Crippen LogP contribution is 2.26. The second-order valence-corrected chi connectivity index (χ2v) is 6.12. The van der Waals surface area contributed by atoms with Gasteiger partial charge in [0.05, 0.1) is 10.9 Å². The predicted molar refractivity (Wildman–Crippen MR) is 76.3 cm³/mol. The third-order valence-corrected chi connectivity index (χ3v) is 4.30. The number of rotatable bonds is 5. The third-order valence-electron chi connectivity index (χ3n) is 2.71. The molecule has 0 radical (unpaired) electrons. The molecule has 1 rings (SSSR count). The van der Waals surface area contributed by atoms with Crippen LogP contribution in [-0.2, 0) is 10.2 Å². The first-order valence-corrected chi connectivity index (χ1v) is 6.74. The molecular weight excluding hydrogens is 252 g/mol. The van der Waals surface area contributed by atoms with Crippen LogP contribution >= 0.6 is 23.6 Å². The molecule has 1 atom stereocenters. The summed E-state index contributed by atoms with van der Waals surface area (Å²) in [5.41, 5.74) is 5.37. The van der Waals surface area contributed by atoms with Gasteiger partial charge in [-0.3, -0.25) is 4.79 Å². The van der Waals surface area contributed by atoms with Gasteiger partial charge in [0.15, 0.2) is 0 Å². The molecule has 0 bridgehead atoms. The molecule has 1 heterocycles. The first-order chi connectivity index (χ1) is 7.84. The van der Waals surface area contributed by atoms with Gasteiger partial charge in [-0.2, -0.15) is 0 Å². The van der Waals surface area contributed by atoms with Crippen molar-refractivity contribution in [1.29, 1.82) is 0 Å². The fraction of sp³-hybridized carbons (Fsp3) is 0.500. The van der Waals surface area contributed by atoms with Crippen LogP contribution in [-0.4, -0.2) is 17.4 Å². The van der Waals surface area contributed by atoms with E-state index in [0.717, 1.165) is 0 Å². The van der Waals surface area contributed by atoms with E-state index in [0.29, 0.717) is 6.54 Å². The molecule has 1 unspecified atom stereocenters. The summed E-state index contributed by atoms with van der Waals surface area (Å²) in [5.74, 6) is -0.522. The fourth-order valence-electron chi connectivity index (χ4n) is 1.34. The summed E-state index contributed by atoms with van der Waals surface area (Å²) in [6.07, 6.45) is 0. The van der Waals surface area contributed by atoms with E-state index >= 15 is 0 Å². The number of carbonyl (C=O) groups excluding carboxylic acids is 1. The SMILES string of the molecule is CC(C(=O)NCC(C)(C)c1cccs1)C(N)=S. The lowest BCUT2D eigenvalue weighted by Gasteiger charge is -2.24. The molecule has 0 saturated heterocycles. The second-order valence-electron chi connectivity index (χ2n) is 4.70. The summed E-state index contributed by atoms with van der Waals surface area (Å²) in [5, 5.41) is 4.93. The Morgan fingerprint density at radius 3 is 2.76 bits per heavy atom. The summed E-state index contributed by atoms with van der Waals surface area (Å²) >= 11 is 6.50. The highest BCUT2D eigenvalue weighted by molar-refractivity contribution is 7.80. The number of thiocarbonyl (C=S) groups is 1. The summed E-state index contributed by atoms with van der Waals surface area (Å²) in [6, 6.07) is 4.09. The number of hydrogen-bond donors (Lipinski definition) is 2. The molecule has 0 aliphatic heterocycles. The molecule has 1 aromatic rings. The van der Waals surface area contributed by atoms with E-state index in [1.807, 2.05) is 11.4 Å². The second kappa shape index (κ2) is 5.60. The molecule has 0 fully saturated rings. The quantitative estimate of drug-likeness (QED) is 0.805. The maximum atomic E-state index is 11.7. The van der Waals surface area contributed by atoms with E-state index in [1.165, 1.54) is 4.88 Å². The van der Waals surface area contributed by atoms with Gasteiger partial charge in [-0.25, -0.2) is 0 Å². The Balaban J connectivity index is 2.56. The molecule has 5 heteroatoms. The summed E-state index contributed by atoms with van der Waals surface area (Å²) in [6.45, 7) is 6.50. The van der Waals surface area contributed by atoms with Crippen molar-refractivity contribution in [2.75, 3.05) is 6.54 Å². The predicted octanol–water partition coefficient (Wildman–Crippen LogP) is 2.06. The van der Waals surface area contributed by atoms with Crippen molar-refractivity contribution in [3.8, 4) is 0 Å². The summed E-state index contributed by atoms with van der Waals surface area (Å²) < 4.78 is 0. The van der Waals surface area contributed by atoms with Crippen LogP contribution in [0.3, 0.4) is 0 Å². The molecule has 3 N–H and O–H groups in total. The Labute approximate surface area is 111 Å². The van der Waals surface area contributed by atoms with Crippen molar-refractivity contribution in [3.63, 3.8) is 0 Å². The highest BCUT2D eigenvalue weighted by atomic mass is 32.1. The first kappa shape index (κ1) is 14.1. The minimum absolute atomic E-state index is 0.0697. The molecule has 0 aliphatic carbocycles. The lowest BCUT2D eigenvalue weighted by atomic mass is 9.91. The van der Waals surface area contributed by atoms with E-state index < -0.39 is 5.92 Å². The molecule has 1 amide bonds. The Bertz CT molecular complexity index is 399. The molecular formula is C12H18N2OS2. The van der Waals surface area contributed by atoms with Gasteiger partial charge in [0, 0.05) is 16.8 Å². The van der Waals surface area contributed by atoms with Crippen LogP contribution in [0.2, 0.25) is 0 Å². The number of nitrogens with one attached hydrogen (secondary N) is 1. The zero-order valence-electron chi connectivity index (χ0n) is 10.3. The largest absolute Gasteiger partial charge is 0.393 e. The lowest BCUT2D eigenvalue weighted by Crippen LogP contribution is -2.41. The topological polar surface area (TPSA) is 55.1 Å². The Hall–Kier alpha value is -0.940. The normalized spacial score (nSPS) is 13.1. The summed E-state index contributed by atoms with van der Waals surface area (Å²) in [7, 11) is 0. The van der Waals surface area contributed by atoms with Gasteiger partial charge >= 0.3 is 0 Å². The van der Waals surface area contributed by atoms with Gasteiger partial charge < -0.3 is 11.1 Å². The summed E-state index contributed by atoms with van der Waals surface area (Å²) in [4.78, 5) is 13.2. The number of amides is 1. The van der Waals surface area contributed by atoms with Crippen molar-refractivity contribution < 1.29 is 4.79 Å². The number of thiophene rings is 1. The van der Waals surface area contributed by atoms with E-state index in [2.05, 4.69) is 25.2 Å². The van der Waals surface area contributed by atoms with Crippen LogP contribution in [0.25, 0.3) is 0 Å². The number of carbonyl (C=O) groups is 1. The Morgan fingerprint density at radius 1 is 1.65 bits per heavy atom. The average molecular weight is 270 g/mol. The van der Waals surface area contributed by atoms with Gasteiger partial charge in [0.1, 0.15) is 0 Å². The van der Waals surface area contributed by atoms with Crippen molar-refractivity contribution in [2.24, 2.45) is 11.7 Å². The van der Waals surface area contributed by atoms with Crippen LogP contribution in [0.4, 0.5) is 0 Å². The van der Waals surface area contributed by atoms with E-state index in [1.54, 1.807) is 18.3 Å². The van der Waals surface area contributed by atoms with Crippen molar-refractivity contribution in [1.82, 2.24) is 5.32 Å². The standard InChI is InChI=1S/C12H18N2OS2/c1-8(10(13)16)11(15)14-7-12(2,3)9-5-4-6-17-9/h4-6,8H,7H2,1-3H3,(H2,13,16)(H,14,15). The smallest absolute Gasteiger partial charge is 0.229 e. The molecule has 94 valence electrons. The molecule has 3 nitrogen and oxygen atoms in total. The van der Waals surface area contributed by atoms with E-state index in [4.69, 9.17) is 18.0 Å². The first-order valence-electron chi connectivity index (χ1n) is 5.45. The molecule has 0 aromatic carbocycles. The molecule has 1 aromatic heterocycles. The molecule has 0 spiro atoms. The highest BCUT2D eigenvalue weighted by Gasteiger charge is 2.24. The van der Waals surface area contributed by atoms with Gasteiger partial charge in [0.25, 0.3) is 0 Å². The van der Waals surface area contributed by atoms with E-state index in [9.17, 15) is 4.79 Å². The van der Waals surface area contributed by atoms with Crippen molar-refractivity contribution in [2.45, 2.75) is 26.2 Å². The number of nitrogens with two attached hydrogens (primary N) is 1. The maximum Gasteiger partial charge on any atom is 0.229 e. The minimum atomic E-state index is -0.413. The molecule has 17 heavy (non-hydrogen) atoms. The van der Waals surface area contributed by atoms with Gasteiger partial charge in [-0.1, -0.05) is 32.1 Å².